The van der Waals surface area contributed by atoms with E-state index >= 15 is 0 Å². The molecule has 0 bridgehead atoms. The lowest BCUT2D eigenvalue weighted by molar-refractivity contribution is -0.116. The van der Waals surface area contributed by atoms with Crippen LogP contribution in [0.3, 0.4) is 0 Å². The molecule has 2 amide bonds. The van der Waals surface area contributed by atoms with Crippen molar-refractivity contribution in [2.75, 3.05) is 23.3 Å². The number of hydrogen-bond donors (Lipinski definition) is 3. The Balaban J connectivity index is 1.24. The van der Waals surface area contributed by atoms with Gasteiger partial charge in [0.15, 0.2) is 11.6 Å². The first kappa shape index (κ1) is 37.5. The first-order chi connectivity index (χ1) is 25.0. The summed E-state index contributed by atoms with van der Waals surface area (Å²) < 4.78 is 68.4. The quantitative estimate of drug-likeness (QED) is 0.0684. The van der Waals surface area contributed by atoms with Crippen LogP contribution in [-0.2, 0) is 16.1 Å². The van der Waals surface area contributed by atoms with Crippen molar-refractivity contribution in [3.63, 3.8) is 0 Å². The molecule has 0 aliphatic carbocycles. The molecule has 0 fully saturated rings. The largest absolute Gasteiger partial charge is 0.491 e. The number of carbonyl (C=O) groups is 2. The molecule has 1 atom stereocenters. The second-order valence-electron chi connectivity index (χ2n) is 11.5. The third kappa shape index (κ3) is 9.32. The summed E-state index contributed by atoms with van der Waals surface area (Å²) in [5.41, 5.74) is 7.46. The number of methoxy groups -OCH3 is 1. The molecule has 0 aliphatic heterocycles. The minimum Gasteiger partial charge on any atom is -0.491 e. The molecule has 2 heterocycles. The zero-order valence-corrected chi connectivity index (χ0v) is 29.1. The number of nitrogens with two attached hydrogens (primary N) is 1. The number of amides is 2. The zero-order valence-electron chi connectivity index (χ0n) is 28.3. The maximum Gasteiger partial charge on any atom is 0.410 e. The molecule has 0 spiro atoms. The Morgan fingerprint density at radius 1 is 0.923 bits per heavy atom. The van der Waals surface area contributed by atoms with Crippen LogP contribution in [0, 0.1) is 18.6 Å². The van der Waals surface area contributed by atoms with Gasteiger partial charge in [-0.1, -0.05) is 31.4 Å². The topological polar surface area (TPSA) is 179 Å². The van der Waals surface area contributed by atoms with Crippen LogP contribution in [0.4, 0.5) is 30.6 Å². The Kier molecular flexibility index (Phi) is 12.6. The fraction of sp³-hybridized carbons (Fsp3) is 0.250. The van der Waals surface area contributed by atoms with E-state index in [-0.39, 0.29) is 28.9 Å². The molecule has 13 nitrogen and oxygen atoms in total. The van der Waals surface area contributed by atoms with Gasteiger partial charge in [-0.3, -0.25) is 9.35 Å². The van der Waals surface area contributed by atoms with Crippen molar-refractivity contribution in [2.24, 2.45) is 5.73 Å². The van der Waals surface area contributed by atoms with E-state index in [1.54, 1.807) is 30.3 Å². The lowest BCUT2D eigenvalue weighted by Crippen LogP contribution is -2.21. The second kappa shape index (κ2) is 17.5. The number of fused-ring (bicyclic) bond motifs is 1. The number of ether oxygens (including phenoxy) is 3. The van der Waals surface area contributed by atoms with E-state index in [2.05, 4.69) is 20.3 Å². The molecule has 52 heavy (non-hydrogen) atoms. The summed E-state index contributed by atoms with van der Waals surface area (Å²) in [5.74, 6) is -1.49. The monoisotopic (exact) mass is 734 g/mol. The SMILES string of the molecule is COc1ncc(-c2cc(OCCCCCCCC(=O)Nc3ccccc3OC(N)=O)c3ncnc(C)c3c2)cc1N(c1ccc(F)cc1F)S(=O)O. The molecule has 272 valence electrons. The number of aryl methyl sites for hydroxylation is 1. The molecule has 4 N–H and O–H groups in total. The summed E-state index contributed by atoms with van der Waals surface area (Å²) in [6, 6.07) is 14.3. The van der Waals surface area contributed by atoms with Crippen molar-refractivity contribution in [1.29, 1.82) is 0 Å². The van der Waals surface area contributed by atoms with Crippen LogP contribution in [0.15, 0.2) is 73.2 Å². The number of hydrogen-bond acceptors (Lipinski definition) is 9. The first-order valence-electron chi connectivity index (χ1n) is 16.2. The smallest absolute Gasteiger partial charge is 0.410 e. The number of nitrogens with zero attached hydrogens (tertiary/aromatic N) is 4. The van der Waals surface area contributed by atoms with E-state index in [1.807, 2.05) is 13.0 Å². The number of aromatic nitrogens is 3. The van der Waals surface area contributed by atoms with Crippen LogP contribution in [-0.4, -0.2) is 49.4 Å². The van der Waals surface area contributed by atoms with Crippen molar-refractivity contribution in [1.82, 2.24) is 15.0 Å². The highest BCUT2D eigenvalue weighted by atomic mass is 32.2. The van der Waals surface area contributed by atoms with Crippen LogP contribution in [0.25, 0.3) is 22.0 Å². The number of nitrogens with one attached hydrogen (secondary N) is 1. The number of carbonyl (C=O) groups excluding carboxylic acids is 2. The zero-order chi connectivity index (χ0) is 37.2. The third-order valence-electron chi connectivity index (χ3n) is 7.94. The number of benzene rings is 3. The van der Waals surface area contributed by atoms with Crippen LogP contribution in [0.1, 0.15) is 44.2 Å². The highest BCUT2D eigenvalue weighted by Gasteiger charge is 2.25. The van der Waals surface area contributed by atoms with Gasteiger partial charge in [-0.15, -0.1) is 0 Å². The van der Waals surface area contributed by atoms with Gasteiger partial charge in [-0.05, 0) is 67.8 Å². The fourth-order valence-electron chi connectivity index (χ4n) is 5.46. The number of pyridine rings is 1. The van der Waals surface area contributed by atoms with Gasteiger partial charge in [0.25, 0.3) is 11.3 Å². The maximum absolute atomic E-state index is 14.8. The summed E-state index contributed by atoms with van der Waals surface area (Å²) in [6.07, 6.45) is 6.22. The standard InChI is InChI=1S/C36H36F2N6O7S/c1-22-26-16-23(24-17-30(35(49-2)40-20-24)44(52(47)48)29-14-13-25(37)19-27(29)38)18-32(34(26)42-21-41-22)50-15-9-5-3-4-6-12-33(45)43-28-10-7-8-11-31(28)51-36(39)46/h7-8,10-11,13-14,16-21H,3-6,9,12,15H2,1-2H3,(H2,39,46)(H,43,45)(H,47,48). The Hall–Kier alpha value is -5.74. The highest BCUT2D eigenvalue weighted by molar-refractivity contribution is 7.81. The molecule has 0 radical (unpaired) electrons. The second-order valence-corrected chi connectivity index (χ2v) is 12.4. The van der Waals surface area contributed by atoms with Gasteiger partial charge in [0.1, 0.15) is 29.1 Å². The lowest BCUT2D eigenvalue weighted by atomic mass is 10.0. The third-order valence-corrected chi connectivity index (χ3v) is 8.65. The number of halogens is 2. The summed E-state index contributed by atoms with van der Waals surface area (Å²) >= 11 is -2.78. The summed E-state index contributed by atoms with van der Waals surface area (Å²) in [7, 11) is 1.32. The van der Waals surface area contributed by atoms with Crippen molar-refractivity contribution in [3.8, 4) is 28.5 Å². The van der Waals surface area contributed by atoms with Crippen molar-refractivity contribution >= 4 is 51.2 Å². The van der Waals surface area contributed by atoms with Gasteiger partial charge in [0, 0.05) is 35.3 Å². The van der Waals surface area contributed by atoms with E-state index in [0.29, 0.717) is 64.7 Å². The van der Waals surface area contributed by atoms with Gasteiger partial charge in [-0.2, -0.15) is 0 Å². The molecular weight excluding hydrogens is 698 g/mol. The molecule has 0 saturated carbocycles. The van der Waals surface area contributed by atoms with E-state index in [4.69, 9.17) is 19.9 Å². The Morgan fingerprint density at radius 2 is 1.69 bits per heavy atom. The molecule has 5 rings (SSSR count). The van der Waals surface area contributed by atoms with Crippen LogP contribution in [0.5, 0.6) is 17.4 Å². The number of rotatable bonds is 16. The number of primary amides is 1. The van der Waals surface area contributed by atoms with Crippen LogP contribution in [0.2, 0.25) is 0 Å². The predicted molar refractivity (Wildman–Crippen MR) is 192 cm³/mol. The van der Waals surface area contributed by atoms with E-state index < -0.39 is 29.0 Å². The van der Waals surface area contributed by atoms with Crippen LogP contribution < -0.4 is 29.6 Å². The summed E-state index contributed by atoms with van der Waals surface area (Å²) in [6.45, 7) is 2.21. The molecule has 2 aromatic heterocycles. The van der Waals surface area contributed by atoms with E-state index in [9.17, 15) is 27.1 Å². The van der Waals surface area contributed by atoms with Gasteiger partial charge < -0.3 is 25.3 Å². The number of para-hydroxylation sites is 2. The Morgan fingerprint density at radius 3 is 2.44 bits per heavy atom. The molecule has 0 aliphatic rings. The summed E-state index contributed by atoms with van der Waals surface area (Å²) in [5, 5.41) is 3.45. The van der Waals surface area contributed by atoms with Gasteiger partial charge in [0.05, 0.1) is 25.1 Å². The lowest BCUT2D eigenvalue weighted by Gasteiger charge is -2.23. The number of unbranched alkanes of at least 4 members (excludes halogenated alkanes) is 4. The number of anilines is 3. The molecular formula is C36H36F2N6O7S. The fourth-order valence-corrected chi connectivity index (χ4v) is 6.08. The molecule has 0 saturated heterocycles. The molecule has 3 aromatic carbocycles. The predicted octanol–water partition coefficient (Wildman–Crippen LogP) is 7.38. The minimum atomic E-state index is -2.78. The van der Waals surface area contributed by atoms with Gasteiger partial charge in [-0.25, -0.2) is 37.0 Å². The van der Waals surface area contributed by atoms with Gasteiger partial charge >= 0.3 is 6.09 Å². The van der Waals surface area contributed by atoms with Gasteiger partial charge in [0.2, 0.25) is 11.8 Å². The first-order valence-corrected chi connectivity index (χ1v) is 17.3. The Labute approximate surface area is 300 Å². The molecule has 5 aromatic rings. The highest BCUT2D eigenvalue weighted by Crippen LogP contribution is 2.39. The van der Waals surface area contributed by atoms with Crippen molar-refractivity contribution in [2.45, 2.75) is 45.4 Å². The van der Waals surface area contributed by atoms with Crippen LogP contribution >= 0.6 is 0 Å². The summed E-state index contributed by atoms with van der Waals surface area (Å²) in [4.78, 5) is 36.6. The van der Waals surface area contributed by atoms with E-state index in [1.165, 1.54) is 25.7 Å². The average molecular weight is 735 g/mol. The van der Waals surface area contributed by atoms with Crippen molar-refractivity contribution in [3.05, 3.63) is 90.5 Å². The van der Waals surface area contributed by atoms with Crippen molar-refractivity contribution < 1.29 is 41.3 Å². The average Bonchev–Trinajstić information content (AvgIpc) is 3.11. The molecule has 1 unspecified atom stereocenters. The normalized spacial score (nSPS) is 11.6. The molecule has 16 heteroatoms. The minimum absolute atomic E-state index is 0.0330. The Bertz CT molecular complexity index is 2100. The maximum atomic E-state index is 14.8. The van der Waals surface area contributed by atoms with E-state index in [0.717, 1.165) is 42.1 Å².